The third-order valence-electron chi connectivity index (χ3n) is 11.9. The van der Waals surface area contributed by atoms with Gasteiger partial charge in [-0.1, -0.05) is 66.1 Å². The molecule has 0 bridgehead atoms. The van der Waals surface area contributed by atoms with Gasteiger partial charge in [0.25, 0.3) is 0 Å². The van der Waals surface area contributed by atoms with Crippen LogP contribution >= 0.6 is 21.6 Å². The van der Waals surface area contributed by atoms with Crippen LogP contribution in [0.25, 0.3) is 0 Å². The summed E-state index contributed by atoms with van der Waals surface area (Å²) in [5, 5.41) is 59.7. The number of carboxylic acids is 1. The predicted octanol–water partition coefficient (Wildman–Crippen LogP) is -2.73. The first-order chi connectivity index (χ1) is 34.1. The van der Waals surface area contributed by atoms with Crippen molar-refractivity contribution in [3.63, 3.8) is 0 Å². The highest BCUT2D eigenvalue weighted by Gasteiger charge is 2.38. The average molecular weight is 1050 g/mol. The van der Waals surface area contributed by atoms with Crippen LogP contribution in [0.2, 0.25) is 0 Å². The van der Waals surface area contributed by atoms with Crippen molar-refractivity contribution >= 4 is 80.7 Å². The van der Waals surface area contributed by atoms with Gasteiger partial charge in [0.2, 0.25) is 53.2 Å². The minimum Gasteiger partial charge on any atom is -0.508 e. The molecule has 10 atom stereocenters. The van der Waals surface area contributed by atoms with E-state index < -0.39 is 133 Å². The zero-order valence-corrected chi connectivity index (χ0v) is 41.8. The third kappa shape index (κ3) is 17.3. The van der Waals surface area contributed by atoms with Crippen molar-refractivity contribution in [1.29, 1.82) is 0 Å². The molecule has 0 aliphatic carbocycles. The summed E-state index contributed by atoms with van der Waals surface area (Å²) in [6.07, 6.45) is 0.645. The highest BCUT2D eigenvalue weighted by molar-refractivity contribution is 8.76. The molecule has 2 saturated heterocycles. The standard InChI is InChI=1S/C46H64N10O14S2/c1-5-23(2)37-44(67)48-19-36(60)51-34(46(69)70)22-72-71-21-30(47)45(68)56-16-6-7-35(56)43(66)50-25(4)39(62)52-31(17-26-8-12-28(58)13-9-26)40(63)54-33(20-57)42(65)49-24(3)38(61)53-32(41(64)55-37)18-27-10-14-29(59)15-11-27/h8-15,23-25,30-35,37,57-59H,5-7,16-22,47H2,1-4H3,(H,48,67)(H,49,65)(H,50,66)(H,51,60)(H,52,62)(H,53,61)(H,54,63)(H,55,64)(H,69,70)/t23-,24-,25-,30-,31-,32-,33-,34-,35-,37-/m0/s1. The number of nitrogens with two attached hydrogens (primary N) is 1. The van der Waals surface area contributed by atoms with E-state index in [1.54, 1.807) is 13.8 Å². The number of hydrogen-bond donors (Lipinski definition) is 13. The fourth-order valence-corrected chi connectivity index (χ4v) is 9.72. The van der Waals surface area contributed by atoms with Crippen LogP contribution in [0.15, 0.2) is 48.5 Å². The molecule has 4 rings (SSSR count). The van der Waals surface area contributed by atoms with Gasteiger partial charge in [-0.15, -0.1) is 0 Å². The van der Waals surface area contributed by atoms with Crippen LogP contribution in [0.3, 0.4) is 0 Å². The number of rotatable bonds is 8. The zero-order chi connectivity index (χ0) is 53.2. The predicted molar refractivity (Wildman–Crippen MR) is 263 cm³/mol. The normalized spacial score (nSPS) is 27.1. The van der Waals surface area contributed by atoms with Crippen molar-refractivity contribution in [2.75, 3.05) is 31.2 Å². The lowest BCUT2D eigenvalue weighted by molar-refractivity contribution is -0.141. The Kier molecular flexibility index (Phi) is 22.4. The number of fused-ring (bicyclic) bond motifs is 1. The van der Waals surface area contributed by atoms with E-state index in [4.69, 9.17) is 5.73 Å². The molecule has 0 spiro atoms. The van der Waals surface area contributed by atoms with Crippen molar-refractivity contribution in [1.82, 2.24) is 47.4 Å². The number of nitrogens with one attached hydrogen (secondary N) is 8. The van der Waals surface area contributed by atoms with E-state index in [0.29, 0.717) is 24.0 Å². The second kappa shape index (κ2) is 27.8. The van der Waals surface area contributed by atoms with Gasteiger partial charge in [-0.05, 0) is 68.0 Å². The molecule has 2 aromatic carbocycles. The molecule has 72 heavy (non-hydrogen) atoms. The second-order valence-electron chi connectivity index (χ2n) is 17.5. The Morgan fingerprint density at radius 2 is 1.17 bits per heavy atom. The maximum Gasteiger partial charge on any atom is 0.327 e. The molecule has 14 N–H and O–H groups in total. The van der Waals surface area contributed by atoms with Crippen molar-refractivity contribution < 1.29 is 68.4 Å². The number of carbonyl (C=O) groups is 10. The number of nitrogens with zero attached hydrogens (tertiary/aromatic N) is 1. The fourth-order valence-electron chi connectivity index (χ4n) is 7.45. The van der Waals surface area contributed by atoms with Crippen LogP contribution < -0.4 is 48.3 Å². The summed E-state index contributed by atoms with van der Waals surface area (Å²) in [6, 6.07) is -0.790. The topological polar surface area (TPSA) is 377 Å². The van der Waals surface area contributed by atoms with Crippen LogP contribution in [0.4, 0.5) is 0 Å². The van der Waals surface area contributed by atoms with Gasteiger partial charge < -0.3 is 73.6 Å². The highest BCUT2D eigenvalue weighted by atomic mass is 33.1. The summed E-state index contributed by atoms with van der Waals surface area (Å²) in [6.45, 7) is 4.51. The highest BCUT2D eigenvalue weighted by Crippen LogP contribution is 2.25. The zero-order valence-electron chi connectivity index (χ0n) is 40.2. The van der Waals surface area contributed by atoms with Crippen LogP contribution in [-0.4, -0.2) is 170 Å². The first-order valence-corrected chi connectivity index (χ1v) is 25.7. The van der Waals surface area contributed by atoms with Gasteiger partial charge in [-0.3, -0.25) is 43.2 Å². The van der Waals surface area contributed by atoms with Crippen LogP contribution in [0, 0.1) is 5.92 Å². The summed E-state index contributed by atoms with van der Waals surface area (Å²) >= 11 is 0. The molecule has 394 valence electrons. The monoisotopic (exact) mass is 1040 g/mol. The molecule has 0 saturated carbocycles. The lowest BCUT2D eigenvalue weighted by Gasteiger charge is -2.28. The Morgan fingerprint density at radius 1 is 0.681 bits per heavy atom. The van der Waals surface area contributed by atoms with E-state index in [1.165, 1.54) is 67.3 Å². The SMILES string of the molecule is CC[C@H](C)[C@@H]1NC(=O)[C@H](Cc2ccc(O)cc2)NC(=O)[C@H](C)NC(=O)[C@H](CO)NC(=O)[C@H](Cc2ccc(O)cc2)NC(=O)[C@H](C)NC(=O)[C@@H]2CCCN2C(=O)[C@@H](N)CSSC[C@@H](C(=O)O)NC(=O)CNC1=O. The number of aromatic hydroxyl groups is 2. The number of aliphatic carboxylic acids is 1. The Hall–Kier alpha value is -6.64. The van der Waals surface area contributed by atoms with Gasteiger partial charge in [-0.2, -0.15) is 0 Å². The molecule has 0 radical (unpaired) electrons. The number of carboxylic acid groups (broad SMARTS) is 1. The van der Waals surface area contributed by atoms with Crippen LogP contribution in [0.5, 0.6) is 11.5 Å². The summed E-state index contributed by atoms with van der Waals surface area (Å²) in [5.74, 6) is -9.87. The van der Waals surface area contributed by atoms with Gasteiger partial charge in [0.05, 0.1) is 19.2 Å². The first-order valence-electron chi connectivity index (χ1n) is 23.2. The Labute approximate surface area is 423 Å². The molecular weight excluding hydrogens is 981 g/mol. The molecule has 0 aromatic heterocycles. The molecule has 26 heteroatoms. The third-order valence-corrected chi connectivity index (χ3v) is 14.4. The average Bonchev–Trinajstić information content (AvgIpc) is 3.85. The molecule has 2 aliphatic rings. The number of phenolic OH excluding ortho intramolecular Hbond substituents is 2. The molecule has 0 unspecified atom stereocenters. The van der Waals surface area contributed by atoms with Crippen molar-refractivity contribution in [2.45, 2.75) is 114 Å². The number of benzene rings is 2. The molecule has 9 amide bonds. The summed E-state index contributed by atoms with van der Waals surface area (Å²) in [4.78, 5) is 136. The van der Waals surface area contributed by atoms with E-state index in [0.717, 1.165) is 21.6 Å². The maximum absolute atomic E-state index is 14.0. The van der Waals surface area contributed by atoms with Crippen molar-refractivity contribution in [3.8, 4) is 11.5 Å². The molecule has 24 nitrogen and oxygen atoms in total. The van der Waals surface area contributed by atoms with E-state index in [2.05, 4.69) is 42.5 Å². The Morgan fingerprint density at radius 3 is 1.68 bits per heavy atom. The van der Waals surface area contributed by atoms with Gasteiger partial charge in [-0.25, -0.2) is 4.79 Å². The lowest BCUT2D eigenvalue weighted by Crippen LogP contribution is -2.61. The lowest BCUT2D eigenvalue weighted by atomic mass is 9.97. The Bertz CT molecular complexity index is 2280. The minimum absolute atomic E-state index is 0.0198. The number of amides is 9. The summed E-state index contributed by atoms with van der Waals surface area (Å²) in [5.41, 5.74) is 7.15. The van der Waals surface area contributed by atoms with Gasteiger partial charge in [0.15, 0.2) is 0 Å². The van der Waals surface area contributed by atoms with Crippen molar-refractivity contribution in [2.24, 2.45) is 11.7 Å². The van der Waals surface area contributed by atoms with E-state index in [-0.39, 0.29) is 48.8 Å². The van der Waals surface area contributed by atoms with Crippen LogP contribution in [0.1, 0.15) is 58.1 Å². The molecule has 2 aliphatic heterocycles. The van der Waals surface area contributed by atoms with E-state index in [1.807, 2.05) is 0 Å². The van der Waals surface area contributed by atoms with Gasteiger partial charge >= 0.3 is 5.97 Å². The summed E-state index contributed by atoms with van der Waals surface area (Å²) < 4.78 is 0. The largest absolute Gasteiger partial charge is 0.508 e. The number of phenols is 2. The smallest absolute Gasteiger partial charge is 0.327 e. The Balaban J connectivity index is 1.64. The number of aliphatic hydroxyl groups is 1. The molecule has 2 heterocycles. The first kappa shape index (κ1) is 57.9. The fraction of sp³-hybridized carbons (Fsp3) is 0.522. The van der Waals surface area contributed by atoms with Crippen molar-refractivity contribution in [3.05, 3.63) is 59.7 Å². The van der Waals surface area contributed by atoms with Gasteiger partial charge in [0, 0.05) is 30.9 Å². The number of aliphatic hydroxyl groups excluding tert-OH is 1. The number of hydrogen-bond acceptors (Lipinski definition) is 16. The van der Waals surface area contributed by atoms with E-state index >= 15 is 0 Å². The maximum atomic E-state index is 14.0. The quantitative estimate of drug-likeness (QED) is 0.119. The molecule has 2 aromatic rings. The van der Waals surface area contributed by atoms with Crippen LogP contribution in [-0.2, 0) is 60.8 Å². The minimum atomic E-state index is -1.70. The molecule has 2 fully saturated rings. The van der Waals surface area contributed by atoms with Gasteiger partial charge in [0.1, 0.15) is 59.8 Å². The van der Waals surface area contributed by atoms with E-state index in [9.17, 15) is 68.4 Å². The summed E-state index contributed by atoms with van der Waals surface area (Å²) in [7, 11) is 2.06. The second-order valence-corrected chi connectivity index (χ2v) is 20.0. The number of carbonyl (C=O) groups excluding carboxylic acids is 9. The molecular formula is C46H64N10O14S2.